The molecule has 2 rings (SSSR count). The van der Waals surface area contributed by atoms with Gasteiger partial charge in [0.1, 0.15) is 0 Å². The summed E-state index contributed by atoms with van der Waals surface area (Å²) in [7, 11) is 2.00. The molecule has 1 saturated heterocycles. The lowest BCUT2D eigenvalue weighted by Crippen LogP contribution is -2.47. The van der Waals surface area contributed by atoms with Crippen molar-refractivity contribution in [2.24, 2.45) is 0 Å². The number of likely N-dealkylation sites (tertiary alicyclic amines) is 1. The average molecular weight is 303 g/mol. The summed E-state index contributed by atoms with van der Waals surface area (Å²) in [5.74, 6) is 0.104. The number of hydrogen-bond donors (Lipinski definition) is 2. The van der Waals surface area contributed by atoms with E-state index >= 15 is 0 Å². The van der Waals surface area contributed by atoms with Crippen LogP contribution in [0.5, 0.6) is 0 Å². The van der Waals surface area contributed by atoms with Gasteiger partial charge in [0.25, 0.3) is 0 Å². The van der Waals surface area contributed by atoms with Crippen LogP contribution in [0, 0.1) is 0 Å². The molecule has 1 aliphatic rings. The number of benzene rings is 1. The minimum absolute atomic E-state index is 0.104. The van der Waals surface area contributed by atoms with Crippen molar-refractivity contribution in [1.29, 1.82) is 0 Å². The Kier molecular flexibility index (Phi) is 6.40. The number of anilines is 1. The van der Waals surface area contributed by atoms with Gasteiger partial charge in [0.15, 0.2) is 0 Å². The highest BCUT2D eigenvalue weighted by Gasteiger charge is 2.20. The molecule has 1 atom stereocenters. The van der Waals surface area contributed by atoms with Crippen LogP contribution >= 0.6 is 0 Å². The normalized spacial score (nSPS) is 19.1. The van der Waals surface area contributed by atoms with Crippen LogP contribution in [-0.2, 0) is 17.6 Å². The average Bonchev–Trinajstić information content (AvgIpc) is 2.55. The maximum Gasteiger partial charge on any atom is 0.238 e. The summed E-state index contributed by atoms with van der Waals surface area (Å²) in [5, 5.41) is 6.48. The third kappa shape index (κ3) is 4.31. The van der Waals surface area contributed by atoms with Gasteiger partial charge >= 0.3 is 0 Å². The summed E-state index contributed by atoms with van der Waals surface area (Å²) in [6.45, 7) is 6.72. The summed E-state index contributed by atoms with van der Waals surface area (Å²) in [6, 6.07) is 6.80. The van der Waals surface area contributed by atoms with Crippen molar-refractivity contribution >= 4 is 11.6 Å². The molecule has 122 valence electrons. The molecule has 1 unspecified atom stereocenters. The first-order valence-electron chi connectivity index (χ1n) is 8.48. The fraction of sp³-hybridized carbons (Fsp3) is 0.611. The van der Waals surface area contributed by atoms with Crippen molar-refractivity contribution in [3.63, 3.8) is 0 Å². The summed E-state index contributed by atoms with van der Waals surface area (Å²) in [4.78, 5) is 14.7. The lowest BCUT2D eigenvalue weighted by atomic mass is 10.0. The molecule has 1 amide bonds. The van der Waals surface area contributed by atoms with Gasteiger partial charge in [-0.05, 0) is 50.4 Å². The largest absolute Gasteiger partial charge is 0.324 e. The molecule has 0 aromatic heterocycles. The standard InChI is InChI=1S/C18H29N3O/c1-4-14-8-6-9-15(5-2)18(14)20-17(22)13-21-11-7-10-16(12-21)19-3/h6,8-9,16,19H,4-5,7,10-13H2,1-3H3,(H,20,22). The van der Waals surface area contributed by atoms with Crippen LogP contribution in [0.3, 0.4) is 0 Å². The Balaban J connectivity index is 2.00. The fourth-order valence-corrected chi connectivity index (χ4v) is 3.22. The van der Waals surface area contributed by atoms with Crippen LogP contribution in [0.4, 0.5) is 5.69 Å². The van der Waals surface area contributed by atoms with Gasteiger partial charge in [-0.2, -0.15) is 0 Å². The molecule has 0 radical (unpaired) electrons. The van der Waals surface area contributed by atoms with Gasteiger partial charge in [-0.1, -0.05) is 32.0 Å². The second-order valence-corrected chi connectivity index (χ2v) is 6.07. The Morgan fingerprint density at radius 2 is 1.95 bits per heavy atom. The second kappa shape index (κ2) is 8.30. The van der Waals surface area contributed by atoms with Crippen LogP contribution in [0.25, 0.3) is 0 Å². The van der Waals surface area contributed by atoms with Crippen LogP contribution in [0.15, 0.2) is 18.2 Å². The molecule has 0 aliphatic carbocycles. The molecule has 22 heavy (non-hydrogen) atoms. The number of carbonyl (C=O) groups is 1. The number of piperidine rings is 1. The summed E-state index contributed by atoms with van der Waals surface area (Å²) in [6.07, 6.45) is 4.24. The van der Waals surface area contributed by atoms with Crippen molar-refractivity contribution < 1.29 is 4.79 Å². The number of rotatable bonds is 6. The van der Waals surface area contributed by atoms with Gasteiger partial charge in [-0.3, -0.25) is 9.69 Å². The van der Waals surface area contributed by atoms with E-state index in [0.717, 1.165) is 38.0 Å². The zero-order chi connectivity index (χ0) is 15.9. The minimum Gasteiger partial charge on any atom is -0.324 e. The molecule has 1 heterocycles. The number of amides is 1. The Bertz CT molecular complexity index is 479. The first-order valence-corrected chi connectivity index (χ1v) is 8.48. The van der Waals surface area contributed by atoms with E-state index in [2.05, 4.69) is 47.6 Å². The van der Waals surface area contributed by atoms with Crippen molar-refractivity contribution in [3.8, 4) is 0 Å². The van der Waals surface area contributed by atoms with Crippen LogP contribution in [0.2, 0.25) is 0 Å². The molecule has 4 heteroatoms. The number of aryl methyl sites for hydroxylation is 2. The Morgan fingerprint density at radius 3 is 2.55 bits per heavy atom. The smallest absolute Gasteiger partial charge is 0.238 e. The molecule has 1 aliphatic heterocycles. The molecule has 0 spiro atoms. The highest BCUT2D eigenvalue weighted by atomic mass is 16.2. The van der Waals surface area contributed by atoms with Crippen molar-refractivity contribution in [2.45, 2.75) is 45.6 Å². The number of hydrogen-bond acceptors (Lipinski definition) is 3. The van der Waals surface area contributed by atoms with E-state index in [4.69, 9.17) is 0 Å². The van der Waals surface area contributed by atoms with Crippen molar-refractivity contribution in [1.82, 2.24) is 10.2 Å². The summed E-state index contributed by atoms with van der Waals surface area (Å²) in [5.41, 5.74) is 3.47. The van der Waals surface area contributed by atoms with Crippen LogP contribution in [0.1, 0.15) is 37.8 Å². The SMILES string of the molecule is CCc1cccc(CC)c1NC(=O)CN1CCCC(NC)C1. The van der Waals surface area contributed by atoms with E-state index in [1.807, 2.05) is 7.05 Å². The monoisotopic (exact) mass is 303 g/mol. The summed E-state index contributed by atoms with van der Waals surface area (Å²) >= 11 is 0. The van der Waals surface area contributed by atoms with Crippen molar-refractivity contribution in [3.05, 3.63) is 29.3 Å². The lowest BCUT2D eigenvalue weighted by molar-refractivity contribution is -0.117. The topological polar surface area (TPSA) is 44.4 Å². The molecule has 1 aromatic rings. The number of nitrogens with one attached hydrogen (secondary N) is 2. The van der Waals surface area contributed by atoms with Crippen LogP contribution in [-0.4, -0.2) is 43.5 Å². The predicted octanol–water partition coefficient (Wildman–Crippen LogP) is 2.43. The predicted molar refractivity (Wildman–Crippen MR) is 92.3 cm³/mol. The molecule has 0 bridgehead atoms. The van der Waals surface area contributed by atoms with Crippen LogP contribution < -0.4 is 10.6 Å². The van der Waals surface area contributed by atoms with E-state index in [9.17, 15) is 4.79 Å². The zero-order valence-electron chi connectivity index (χ0n) is 14.1. The van der Waals surface area contributed by atoms with E-state index in [1.165, 1.54) is 17.5 Å². The second-order valence-electron chi connectivity index (χ2n) is 6.07. The van der Waals surface area contributed by atoms with E-state index in [-0.39, 0.29) is 5.91 Å². The molecule has 1 fully saturated rings. The highest BCUT2D eigenvalue weighted by molar-refractivity contribution is 5.93. The number of likely N-dealkylation sites (N-methyl/N-ethyl adjacent to an activating group) is 1. The van der Waals surface area contributed by atoms with Gasteiger partial charge in [0.2, 0.25) is 5.91 Å². The Hall–Kier alpha value is -1.39. The van der Waals surface area contributed by atoms with Gasteiger partial charge in [-0.25, -0.2) is 0 Å². The third-order valence-corrected chi connectivity index (χ3v) is 4.54. The quantitative estimate of drug-likeness (QED) is 0.848. The highest BCUT2D eigenvalue weighted by Crippen LogP contribution is 2.22. The van der Waals surface area contributed by atoms with E-state index < -0.39 is 0 Å². The third-order valence-electron chi connectivity index (χ3n) is 4.54. The molecular weight excluding hydrogens is 274 g/mol. The lowest BCUT2D eigenvalue weighted by Gasteiger charge is -2.32. The first kappa shape index (κ1) is 17.0. The number of nitrogens with zero attached hydrogens (tertiary/aromatic N) is 1. The van der Waals surface area contributed by atoms with Gasteiger partial charge < -0.3 is 10.6 Å². The molecular formula is C18H29N3O. The minimum atomic E-state index is 0.104. The number of carbonyl (C=O) groups excluding carboxylic acids is 1. The maximum absolute atomic E-state index is 12.4. The van der Waals surface area contributed by atoms with Crippen molar-refractivity contribution in [2.75, 3.05) is 32.0 Å². The van der Waals surface area contributed by atoms with E-state index in [1.54, 1.807) is 0 Å². The zero-order valence-corrected chi connectivity index (χ0v) is 14.1. The van der Waals surface area contributed by atoms with E-state index in [0.29, 0.717) is 12.6 Å². The first-order chi connectivity index (χ1) is 10.7. The van der Waals surface area contributed by atoms with Gasteiger partial charge in [-0.15, -0.1) is 0 Å². The molecule has 0 saturated carbocycles. The molecule has 4 nitrogen and oxygen atoms in total. The summed E-state index contributed by atoms with van der Waals surface area (Å²) < 4.78 is 0. The maximum atomic E-state index is 12.4. The Labute approximate surface area is 134 Å². The van der Waals surface area contributed by atoms with Gasteiger partial charge in [0.05, 0.1) is 6.54 Å². The number of para-hydroxylation sites is 1. The molecule has 2 N–H and O–H groups in total. The molecule has 1 aromatic carbocycles. The van der Waals surface area contributed by atoms with Gasteiger partial charge in [0, 0.05) is 18.3 Å². The fourth-order valence-electron chi connectivity index (χ4n) is 3.22. The Morgan fingerprint density at radius 1 is 1.27 bits per heavy atom.